The van der Waals surface area contributed by atoms with E-state index in [0.29, 0.717) is 5.56 Å². The van der Waals surface area contributed by atoms with E-state index in [9.17, 15) is 8.78 Å². The second kappa shape index (κ2) is 4.93. The molecule has 0 aliphatic carbocycles. The van der Waals surface area contributed by atoms with Crippen LogP contribution in [0.5, 0.6) is 11.5 Å². The van der Waals surface area contributed by atoms with Gasteiger partial charge in [-0.25, -0.2) is 8.78 Å². The van der Waals surface area contributed by atoms with Crippen LogP contribution in [-0.4, -0.2) is 0 Å². The summed E-state index contributed by atoms with van der Waals surface area (Å²) in [5.74, 6) is -1.15. The van der Waals surface area contributed by atoms with Crippen molar-refractivity contribution in [2.24, 2.45) is 5.73 Å². The predicted molar refractivity (Wildman–Crippen MR) is 60.8 cm³/mol. The van der Waals surface area contributed by atoms with E-state index in [2.05, 4.69) is 0 Å². The summed E-state index contributed by atoms with van der Waals surface area (Å²) in [4.78, 5) is 0. The fourth-order valence-electron chi connectivity index (χ4n) is 1.47. The van der Waals surface area contributed by atoms with Gasteiger partial charge in [-0.15, -0.1) is 0 Å². The number of rotatable bonds is 3. The molecule has 0 aliphatic rings. The van der Waals surface area contributed by atoms with Crippen LogP contribution in [0, 0.1) is 11.6 Å². The van der Waals surface area contributed by atoms with Crippen molar-refractivity contribution in [2.45, 2.75) is 6.54 Å². The van der Waals surface area contributed by atoms with E-state index < -0.39 is 11.6 Å². The summed E-state index contributed by atoms with van der Waals surface area (Å²) in [7, 11) is 0. The Hall–Kier alpha value is -1.94. The minimum Gasteiger partial charge on any atom is -0.451 e. The van der Waals surface area contributed by atoms with Crippen LogP contribution >= 0.6 is 0 Å². The standard InChI is InChI=1S/C13H11F2NO/c14-10-5-1-2-7-12(10)17-13-9(8-16)4-3-6-11(13)15/h1-7H,8,16H2. The molecule has 0 aromatic heterocycles. The van der Waals surface area contributed by atoms with Crippen molar-refractivity contribution in [2.75, 3.05) is 0 Å². The van der Waals surface area contributed by atoms with Gasteiger partial charge >= 0.3 is 0 Å². The number of nitrogens with two attached hydrogens (primary N) is 1. The second-order valence-electron chi connectivity index (χ2n) is 3.46. The fraction of sp³-hybridized carbons (Fsp3) is 0.0769. The SMILES string of the molecule is NCc1cccc(F)c1Oc1ccccc1F. The number of ether oxygens (including phenoxy) is 1. The Morgan fingerprint density at radius 3 is 2.35 bits per heavy atom. The zero-order chi connectivity index (χ0) is 12.3. The molecule has 2 N–H and O–H groups in total. The highest BCUT2D eigenvalue weighted by atomic mass is 19.1. The van der Waals surface area contributed by atoms with Gasteiger partial charge in [0.2, 0.25) is 0 Å². The van der Waals surface area contributed by atoms with E-state index in [0.717, 1.165) is 0 Å². The molecule has 2 nitrogen and oxygen atoms in total. The number of hydrogen-bond donors (Lipinski definition) is 1. The zero-order valence-corrected chi connectivity index (χ0v) is 8.99. The van der Waals surface area contributed by atoms with Gasteiger partial charge in [0, 0.05) is 12.1 Å². The first-order valence-corrected chi connectivity index (χ1v) is 5.12. The van der Waals surface area contributed by atoms with Gasteiger partial charge in [0.25, 0.3) is 0 Å². The van der Waals surface area contributed by atoms with Crippen LogP contribution in [0.3, 0.4) is 0 Å². The number of para-hydroxylation sites is 2. The zero-order valence-electron chi connectivity index (χ0n) is 8.99. The van der Waals surface area contributed by atoms with Crippen LogP contribution in [0.25, 0.3) is 0 Å². The highest BCUT2D eigenvalue weighted by Crippen LogP contribution is 2.29. The highest BCUT2D eigenvalue weighted by Gasteiger charge is 2.11. The van der Waals surface area contributed by atoms with Crippen LogP contribution in [0.1, 0.15) is 5.56 Å². The maximum Gasteiger partial charge on any atom is 0.167 e. The Kier molecular flexibility index (Phi) is 3.35. The third-order valence-corrected chi connectivity index (χ3v) is 2.32. The van der Waals surface area contributed by atoms with Crippen molar-refractivity contribution >= 4 is 0 Å². The molecule has 2 rings (SSSR count). The molecule has 0 atom stereocenters. The number of hydrogen-bond acceptors (Lipinski definition) is 2. The van der Waals surface area contributed by atoms with Crippen molar-refractivity contribution in [3.8, 4) is 11.5 Å². The first kappa shape index (κ1) is 11.5. The van der Waals surface area contributed by atoms with E-state index >= 15 is 0 Å². The smallest absolute Gasteiger partial charge is 0.167 e. The Morgan fingerprint density at radius 2 is 1.65 bits per heavy atom. The number of benzene rings is 2. The van der Waals surface area contributed by atoms with Crippen molar-refractivity contribution in [3.05, 3.63) is 59.7 Å². The summed E-state index contributed by atoms with van der Waals surface area (Å²) in [6.07, 6.45) is 0. The average Bonchev–Trinajstić information content (AvgIpc) is 2.34. The van der Waals surface area contributed by atoms with E-state index in [1.807, 2.05) is 0 Å². The molecule has 0 radical (unpaired) electrons. The van der Waals surface area contributed by atoms with Gasteiger partial charge in [-0.05, 0) is 18.2 Å². The van der Waals surface area contributed by atoms with Gasteiger partial charge < -0.3 is 10.5 Å². The van der Waals surface area contributed by atoms with E-state index in [1.165, 1.54) is 30.3 Å². The van der Waals surface area contributed by atoms with Crippen molar-refractivity contribution in [3.63, 3.8) is 0 Å². The van der Waals surface area contributed by atoms with Crippen LogP contribution in [0.2, 0.25) is 0 Å². The lowest BCUT2D eigenvalue weighted by Gasteiger charge is -2.11. The van der Waals surface area contributed by atoms with Crippen LogP contribution in [-0.2, 0) is 6.54 Å². The van der Waals surface area contributed by atoms with E-state index in [4.69, 9.17) is 10.5 Å². The molecule has 0 aliphatic heterocycles. The van der Waals surface area contributed by atoms with Crippen LogP contribution in [0.4, 0.5) is 8.78 Å². The molecule has 4 heteroatoms. The first-order valence-electron chi connectivity index (χ1n) is 5.12. The topological polar surface area (TPSA) is 35.2 Å². The van der Waals surface area contributed by atoms with Crippen molar-refractivity contribution in [1.82, 2.24) is 0 Å². The minimum absolute atomic E-state index is 0.0210. The van der Waals surface area contributed by atoms with E-state index in [1.54, 1.807) is 12.1 Å². The largest absolute Gasteiger partial charge is 0.451 e. The van der Waals surface area contributed by atoms with Gasteiger partial charge in [-0.2, -0.15) is 0 Å². The molecular weight excluding hydrogens is 224 g/mol. The lowest BCUT2D eigenvalue weighted by molar-refractivity contribution is 0.410. The number of halogens is 2. The molecule has 2 aromatic rings. The molecule has 0 saturated carbocycles. The summed E-state index contributed by atoms with van der Waals surface area (Å²) in [5, 5.41) is 0. The predicted octanol–water partition coefficient (Wildman–Crippen LogP) is 3.22. The quantitative estimate of drug-likeness (QED) is 0.886. The molecule has 17 heavy (non-hydrogen) atoms. The Balaban J connectivity index is 2.39. The molecule has 0 heterocycles. The molecular formula is C13H11F2NO. The maximum absolute atomic E-state index is 13.6. The van der Waals surface area contributed by atoms with Crippen molar-refractivity contribution < 1.29 is 13.5 Å². The minimum atomic E-state index is -0.559. The van der Waals surface area contributed by atoms with Gasteiger partial charge in [0.05, 0.1) is 0 Å². The monoisotopic (exact) mass is 235 g/mol. The summed E-state index contributed by atoms with van der Waals surface area (Å²) in [5.41, 5.74) is 5.96. The van der Waals surface area contributed by atoms with Gasteiger partial charge in [0.15, 0.2) is 23.1 Å². The first-order chi connectivity index (χ1) is 8.22. The Bertz CT molecular complexity index is 529. The second-order valence-corrected chi connectivity index (χ2v) is 3.46. The lowest BCUT2D eigenvalue weighted by atomic mass is 10.2. The molecule has 2 aromatic carbocycles. The highest BCUT2D eigenvalue weighted by molar-refractivity contribution is 5.39. The maximum atomic E-state index is 13.6. The molecule has 88 valence electrons. The van der Waals surface area contributed by atoms with Gasteiger partial charge in [-0.1, -0.05) is 24.3 Å². The molecule has 0 fully saturated rings. The third kappa shape index (κ3) is 2.42. The molecule has 0 spiro atoms. The molecule has 0 unspecified atom stereocenters. The molecule has 0 amide bonds. The van der Waals surface area contributed by atoms with E-state index in [-0.39, 0.29) is 18.0 Å². The Morgan fingerprint density at radius 1 is 0.941 bits per heavy atom. The average molecular weight is 235 g/mol. The fourth-order valence-corrected chi connectivity index (χ4v) is 1.47. The molecule has 0 saturated heterocycles. The Labute approximate surface area is 97.6 Å². The van der Waals surface area contributed by atoms with Gasteiger partial charge in [-0.3, -0.25) is 0 Å². The van der Waals surface area contributed by atoms with Crippen LogP contribution < -0.4 is 10.5 Å². The summed E-state index contributed by atoms with van der Waals surface area (Å²) in [6.45, 7) is 0.127. The summed E-state index contributed by atoms with van der Waals surface area (Å²) < 4.78 is 32.1. The third-order valence-electron chi connectivity index (χ3n) is 2.32. The van der Waals surface area contributed by atoms with Crippen LogP contribution in [0.15, 0.2) is 42.5 Å². The van der Waals surface area contributed by atoms with Crippen molar-refractivity contribution in [1.29, 1.82) is 0 Å². The summed E-state index contributed by atoms with van der Waals surface area (Å²) >= 11 is 0. The lowest BCUT2D eigenvalue weighted by Crippen LogP contribution is -2.01. The normalized spacial score (nSPS) is 10.3. The van der Waals surface area contributed by atoms with Gasteiger partial charge in [0.1, 0.15) is 0 Å². The molecule has 0 bridgehead atoms. The summed E-state index contributed by atoms with van der Waals surface area (Å²) in [6, 6.07) is 10.2.